The number of Topliss-reactive ketones (excluding diaryl/α,β-unsaturated/α-hetero) is 1. The normalized spacial score (nSPS) is 14.7. The number of rotatable bonds is 4. The SMILES string of the molecule is CCC(=O)c1cc(-c2cnc(N)nc2)nc(N2CCOCC2)n1. The zero-order valence-electron chi connectivity index (χ0n) is 12.9. The lowest BCUT2D eigenvalue weighted by atomic mass is 10.1. The number of hydrogen-bond acceptors (Lipinski definition) is 8. The number of ketones is 1. The first kappa shape index (κ1) is 15.3. The summed E-state index contributed by atoms with van der Waals surface area (Å²) in [5.41, 5.74) is 7.22. The van der Waals surface area contributed by atoms with E-state index in [2.05, 4.69) is 19.9 Å². The Labute approximate surface area is 133 Å². The van der Waals surface area contributed by atoms with Crippen molar-refractivity contribution in [1.82, 2.24) is 19.9 Å². The van der Waals surface area contributed by atoms with Crippen molar-refractivity contribution < 1.29 is 9.53 Å². The molecular weight excluding hydrogens is 296 g/mol. The lowest BCUT2D eigenvalue weighted by molar-refractivity contribution is 0.0983. The van der Waals surface area contributed by atoms with Crippen molar-refractivity contribution in [2.45, 2.75) is 13.3 Å². The summed E-state index contributed by atoms with van der Waals surface area (Å²) in [6.07, 6.45) is 3.57. The Balaban J connectivity index is 2.03. The van der Waals surface area contributed by atoms with Crippen LogP contribution in [0.25, 0.3) is 11.3 Å². The number of morpholine rings is 1. The van der Waals surface area contributed by atoms with Crippen molar-refractivity contribution in [2.75, 3.05) is 36.9 Å². The maximum atomic E-state index is 12.1. The molecule has 1 fully saturated rings. The van der Waals surface area contributed by atoms with Gasteiger partial charge in [0.05, 0.1) is 18.9 Å². The fourth-order valence-corrected chi connectivity index (χ4v) is 2.28. The van der Waals surface area contributed by atoms with Gasteiger partial charge in [-0.05, 0) is 6.07 Å². The van der Waals surface area contributed by atoms with Crippen LogP contribution in [-0.4, -0.2) is 52.0 Å². The summed E-state index contributed by atoms with van der Waals surface area (Å²) >= 11 is 0. The predicted octanol–water partition coefficient (Wildman–Crippen LogP) is 0.945. The molecule has 0 radical (unpaired) electrons. The van der Waals surface area contributed by atoms with Crippen LogP contribution >= 0.6 is 0 Å². The van der Waals surface area contributed by atoms with E-state index in [9.17, 15) is 4.79 Å². The molecule has 0 amide bonds. The van der Waals surface area contributed by atoms with E-state index in [1.54, 1.807) is 18.5 Å². The molecule has 0 aliphatic carbocycles. The molecule has 0 spiro atoms. The van der Waals surface area contributed by atoms with Gasteiger partial charge in [0.1, 0.15) is 5.69 Å². The molecular formula is C15H18N6O2. The second-order valence-electron chi connectivity index (χ2n) is 5.14. The molecule has 2 N–H and O–H groups in total. The van der Waals surface area contributed by atoms with Crippen LogP contribution in [0.1, 0.15) is 23.8 Å². The highest BCUT2D eigenvalue weighted by Crippen LogP contribution is 2.21. The van der Waals surface area contributed by atoms with E-state index >= 15 is 0 Å². The highest BCUT2D eigenvalue weighted by atomic mass is 16.5. The molecule has 1 aliphatic rings. The molecule has 2 aromatic rings. The first-order valence-electron chi connectivity index (χ1n) is 7.50. The van der Waals surface area contributed by atoms with E-state index in [0.717, 1.165) is 0 Å². The number of nitrogens with two attached hydrogens (primary N) is 1. The summed E-state index contributed by atoms with van der Waals surface area (Å²) in [5, 5.41) is 0. The van der Waals surface area contributed by atoms with Crippen LogP contribution in [0.15, 0.2) is 18.5 Å². The van der Waals surface area contributed by atoms with Crippen LogP contribution in [-0.2, 0) is 4.74 Å². The number of hydrogen-bond donors (Lipinski definition) is 1. The zero-order valence-corrected chi connectivity index (χ0v) is 12.9. The third-order valence-electron chi connectivity index (χ3n) is 3.58. The molecule has 0 atom stereocenters. The predicted molar refractivity (Wildman–Crippen MR) is 85.1 cm³/mol. The number of carbonyl (C=O) groups excluding carboxylic acids is 1. The van der Waals surface area contributed by atoms with Crippen molar-refractivity contribution in [3.05, 3.63) is 24.2 Å². The first-order valence-corrected chi connectivity index (χ1v) is 7.50. The molecule has 3 rings (SSSR count). The summed E-state index contributed by atoms with van der Waals surface area (Å²) in [6.45, 7) is 4.44. The first-order chi connectivity index (χ1) is 11.2. The Bertz CT molecular complexity index is 698. The number of ether oxygens (including phenoxy) is 1. The van der Waals surface area contributed by atoms with Crippen LogP contribution in [0.4, 0.5) is 11.9 Å². The van der Waals surface area contributed by atoms with E-state index in [1.165, 1.54) is 0 Å². The van der Waals surface area contributed by atoms with Crippen LogP contribution in [0.2, 0.25) is 0 Å². The summed E-state index contributed by atoms with van der Waals surface area (Å²) in [6, 6.07) is 1.67. The Kier molecular flexibility index (Phi) is 4.42. The lowest BCUT2D eigenvalue weighted by Gasteiger charge is -2.27. The topological polar surface area (TPSA) is 107 Å². The molecule has 0 saturated carbocycles. The largest absolute Gasteiger partial charge is 0.378 e. The Morgan fingerprint density at radius 1 is 1.26 bits per heavy atom. The van der Waals surface area contributed by atoms with Gasteiger partial charge in [-0.3, -0.25) is 4.79 Å². The van der Waals surface area contributed by atoms with E-state index < -0.39 is 0 Å². The molecule has 8 nitrogen and oxygen atoms in total. The minimum absolute atomic E-state index is 0.0282. The second-order valence-corrected chi connectivity index (χ2v) is 5.14. The Morgan fingerprint density at radius 3 is 2.61 bits per heavy atom. The highest BCUT2D eigenvalue weighted by molar-refractivity contribution is 5.95. The quantitative estimate of drug-likeness (QED) is 0.831. The molecule has 120 valence electrons. The summed E-state index contributed by atoms with van der Waals surface area (Å²) < 4.78 is 5.35. The summed E-state index contributed by atoms with van der Waals surface area (Å²) in [5.74, 6) is 0.694. The van der Waals surface area contributed by atoms with E-state index in [-0.39, 0.29) is 11.7 Å². The standard InChI is InChI=1S/C15H18N6O2/c1-2-13(22)12-7-11(10-8-17-14(16)18-9-10)19-15(20-12)21-3-5-23-6-4-21/h7-9H,2-6H2,1H3,(H2,16,17,18). The van der Waals surface area contributed by atoms with Gasteiger partial charge in [-0.15, -0.1) is 0 Å². The third-order valence-corrected chi connectivity index (χ3v) is 3.58. The second kappa shape index (κ2) is 6.66. The Hall–Kier alpha value is -2.61. The third kappa shape index (κ3) is 3.42. The Morgan fingerprint density at radius 2 is 1.96 bits per heavy atom. The minimum atomic E-state index is -0.0282. The van der Waals surface area contributed by atoms with E-state index in [0.29, 0.717) is 55.6 Å². The monoisotopic (exact) mass is 314 g/mol. The molecule has 1 saturated heterocycles. The maximum absolute atomic E-state index is 12.1. The number of nitrogen functional groups attached to an aromatic ring is 1. The number of anilines is 2. The smallest absolute Gasteiger partial charge is 0.226 e. The number of carbonyl (C=O) groups is 1. The van der Waals surface area contributed by atoms with Crippen LogP contribution in [0, 0.1) is 0 Å². The molecule has 23 heavy (non-hydrogen) atoms. The number of aromatic nitrogens is 4. The van der Waals surface area contributed by atoms with Crippen LogP contribution < -0.4 is 10.6 Å². The van der Waals surface area contributed by atoms with Gasteiger partial charge in [0, 0.05) is 37.5 Å². The van der Waals surface area contributed by atoms with Crippen molar-refractivity contribution in [3.63, 3.8) is 0 Å². The average Bonchev–Trinajstić information content (AvgIpc) is 2.62. The van der Waals surface area contributed by atoms with Gasteiger partial charge in [0.15, 0.2) is 5.78 Å². The van der Waals surface area contributed by atoms with Gasteiger partial charge in [0.25, 0.3) is 0 Å². The fraction of sp³-hybridized carbons (Fsp3) is 0.400. The van der Waals surface area contributed by atoms with Gasteiger partial charge in [0.2, 0.25) is 11.9 Å². The van der Waals surface area contributed by atoms with Crippen LogP contribution in [0.3, 0.4) is 0 Å². The van der Waals surface area contributed by atoms with Gasteiger partial charge >= 0.3 is 0 Å². The average molecular weight is 314 g/mol. The molecule has 0 bridgehead atoms. The van der Waals surface area contributed by atoms with Crippen molar-refractivity contribution in [1.29, 1.82) is 0 Å². The summed E-state index contributed by atoms with van der Waals surface area (Å²) in [7, 11) is 0. The molecule has 3 heterocycles. The van der Waals surface area contributed by atoms with Crippen molar-refractivity contribution in [3.8, 4) is 11.3 Å². The van der Waals surface area contributed by atoms with Crippen molar-refractivity contribution in [2.24, 2.45) is 0 Å². The van der Waals surface area contributed by atoms with Crippen molar-refractivity contribution >= 4 is 17.7 Å². The molecule has 1 aliphatic heterocycles. The molecule has 2 aromatic heterocycles. The lowest BCUT2D eigenvalue weighted by Crippen LogP contribution is -2.37. The fourth-order valence-electron chi connectivity index (χ4n) is 2.28. The van der Waals surface area contributed by atoms with Gasteiger partial charge in [-0.25, -0.2) is 19.9 Å². The molecule has 0 unspecified atom stereocenters. The van der Waals surface area contributed by atoms with Gasteiger partial charge in [-0.1, -0.05) is 6.92 Å². The van der Waals surface area contributed by atoms with Gasteiger partial charge < -0.3 is 15.4 Å². The molecule has 0 aromatic carbocycles. The van der Waals surface area contributed by atoms with E-state index in [4.69, 9.17) is 10.5 Å². The number of nitrogens with zero attached hydrogens (tertiary/aromatic N) is 5. The highest BCUT2D eigenvalue weighted by Gasteiger charge is 2.18. The maximum Gasteiger partial charge on any atom is 0.226 e. The van der Waals surface area contributed by atoms with Gasteiger partial charge in [-0.2, -0.15) is 0 Å². The zero-order chi connectivity index (χ0) is 16.2. The summed E-state index contributed by atoms with van der Waals surface area (Å²) in [4.78, 5) is 31.0. The minimum Gasteiger partial charge on any atom is -0.378 e. The van der Waals surface area contributed by atoms with Crippen LogP contribution in [0.5, 0.6) is 0 Å². The molecule has 8 heteroatoms. The van der Waals surface area contributed by atoms with E-state index in [1.807, 2.05) is 11.8 Å².